The van der Waals surface area contributed by atoms with Crippen molar-refractivity contribution in [3.05, 3.63) is 58.7 Å². The van der Waals surface area contributed by atoms with Crippen molar-refractivity contribution in [3.8, 4) is 5.75 Å². The number of allylic oxidation sites excluding steroid dienone is 5. The molecule has 1 aliphatic carbocycles. The summed E-state index contributed by atoms with van der Waals surface area (Å²) in [5, 5.41) is 8.78. The largest absolute Gasteiger partial charge is 0.496 e. The highest BCUT2D eigenvalue weighted by Gasteiger charge is 2.42. The molecular formula is C23H30O3. The van der Waals surface area contributed by atoms with Crippen molar-refractivity contribution < 1.29 is 14.6 Å². The minimum absolute atomic E-state index is 0.136. The van der Waals surface area contributed by atoms with Gasteiger partial charge in [-0.2, -0.15) is 0 Å². The number of ether oxygens (including phenoxy) is 1. The number of fused-ring (bicyclic) bond motifs is 1. The van der Waals surface area contributed by atoms with Gasteiger partial charge in [-0.3, -0.25) is 0 Å². The van der Waals surface area contributed by atoms with Crippen molar-refractivity contribution in [1.29, 1.82) is 0 Å². The van der Waals surface area contributed by atoms with E-state index in [1.54, 1.807) is 20.1 Å². The number of hydrogen-bond acceptors (Lipinski definition) is 2. The molecule has 0 spiro atoms. The quantitative estimate of drug-likeness (QED) is 0.549. The van der Waals surface area contributed by atoms with Crippen LogP contribution in [0.15, 0.2) is 42.0 Å². The van der Waals surface area contributed by atoms with Gasteiger partial charge < -0.3 is 9.84 Å². The highest BCUT2D eigenvalue weighted by atomic mass is 16.5. The highest BCUT2D eigenvalue weighted by Crippen LogP contribution is 2.51. The molecule has 0 atom stereocenters. The van der Waals surface area contributed by atoms with Gasteiger partial charge >= 0.3 is 5.97 Å². The zero-order chi connectivity index (χ0) is 19.7. The van der Waals surface area contributed by atoms with Crippen molar-refractivity contribution in [2.75, 3.05) is 7.11 Å². The molecule has 0 aromatic heterocycles. The van der Waals surface area contributed by atoms with Crippen molar-refractivity contribution in [2.24, 2.45) is 0 Å². The first kappa shape index (κ1) is 20.0. The Labute approximate surface area is 157 Å². The summed E-state index contributed by atoms with van der Waals surface area (Å²) in [6, 6.07) is 4.46. The maximum absolute atomic E-state index is 10.7. The lowest BCUT2D eigenvalue weighted by Crippen LogP contribution is -2.17. The molecule has 0 fully saturated rings. The van der Waals surface area contributed by atoms with Crippen LogP contribution in [0.2, 0.25) is 0 Å². The molecule has 1 aromatic rings. The van der Waals surface area contributed by atoms with E-state index in [1.165, 1.54) is 17.2 Å². The van der Waals surface area contributed by atoms with E-state index in [-0.39, 0.29) is 10.8 Å². The molecule has 3 heteroatoms. The SMILES string of the molecule is COc1cc2c(cc1C(C)=CC=CC(C)=CC(=O)O)C(C)(C)CC2(C)C. The van der Waals surface area contributed by atoms with Crippen LogP contribution in [0.25, 0.3) is 5.57 Å². The fraction of sp³-hybridized carbons (Fsp3) is 0.435. The first-order valence-electron chi connectivity index (χ1n) is 8.97. The fourth-order valence-electron chi connectivity index (χ4n) is 4.15. The molecule has 0 saturated carbocycles. The van der Waals surface area contributed by atoms with Crippen molar-refractivity contribution >= 4 is 11.5 Å². The number of methoxy groups -OCH3 is 1. The van der Waals surface area contributed by atoms with Crippen LogP contribution >= 0.6 is 0 Å². The molecule has 0 aliphatic heterocycles. The van der Waals surface area contributed by atoms with Crippen molar-refractivity contribution in [3.63, 3.8) is 0 Å². The van der Waals surface area contributed by atoms with E-state index in [2.05, 4.69) is 46.8 Å². The molecular weight excluding hydrogens is 324 g/mol. The average molecular weight is 354 g/mol. The van der Waals surface area contributed by atoms with E-state index in [0.717, 1.165) is 23.3 Å². The Hall–Kier alpha value is -2.29. The molecule has 2 rings (SSSR count). The average Bonchev–Trinajstić information content (AvgIpc) is 2.69. The highest BCUT2D eigenvalue weighted by molar-refractivity contribution is 5.81. The fourth-order valence-corrected chi connectivity index (χ4v) is 4.15. The van der Waals surface area contributed by atoms with Gasteiger partial charge in [0.15, 0.2) is 0 Å². The summed E-state index contributed by atoms with van der Waals surface area (Å²) >= 11 is 0. The first-order chi connectivity index (χ1) is 12.0. The van der Waals surface area contributed by atoms with Gasteiger partial charge in [0.05, 0.1) is 7.11 Å². The topological polar surface area (TPSA) is 46.5 Å². The molecule has 1 aliphatic rings. The second-order valence-electron chi connectivity index (χ2n) is 8.48. The number of aliphatic carboxylic acids is 1. The zero-order valence-corrected chi connectivity index (χ0v) is 16.9. The van der Waals surface area contributed by atoms with Crippen LogP contribution in [0.5, 0.6) is 5.75 Å². The number of hydrogen-bond donors (Lipinski definition) is 1. The molecule has 1 N–H and O–H groups in total. The predicted molar refractivity (Wildman–Crippen MR) is 108 cm³/mol. The van der Waals surface area contributed by atoms with Gasteiger partial charge in [0.1, 0.15) is 5.75 Å². The Bertz CT molecular complexity index is 805. The monoisotopic (exact) mass is 354 g/mol. The number of carboxylic acid groups (broad SMARTS) is 1. The third kappa shape index (κ3) is 4.09. The van der Waals surface area contributed by atoms with Gasteiger partial charge in [-0.15, -0.1) is 0 Å². The maximum Gasteiger partial charge on any atom is 0.328 e. The molecule has 26 heavy (non-hydrogen) atoms. The van der Waals surface area contributed by atoms with E-state index in [4.69, 9.17) is 9.84 Å². The summed E-state index contributed by atoms with van der Waals surface area (Å²) in [5.41, 5.74) is 5.90. The number of carbonyl (C=O) groups is 1. The second kappa shape index (κ2) is 7.14. The summed E-state index contributed by atoms with van der Waals surface area (Å²) in [4.78, 5) is 10.7. The standard InChI is InChI=1S/C23H30O3/c1-15(11-21(24)25)9-8-10-16(2)17-12-18-19(13-20(17)26-7)23(5,6)14-22(18,3)4/h8-13H,14H2,1-7H3,(H,24,25). The molecule has 1 aromatic carbocycles. The molecule has 0 bridgehead atoms. The molecule has 0 radical (unpaired) electrons. The summed E-state index contributed by atoms with van der Waals surface area (Å²) < 4.78 is 5.68. The summed E-state index contributed by atoms with van der Waals surface area (Å²) in [6.45, 7) is 13.0. The molecule has 0 saturated heterocycles. The van der Waals surface area contributed by atoms with Crippen LogP contribution in [-0.2, 0) is 15.6 Å². The van der Waals surface area contributed by atoms with Crippen LogP contribution < -0.4 is 4.74 Å². The Morgan fingerprint density at radius 1 is 1.12 bits per heavy atom. The van der Waals surface area contributed by atoms with E-state index < -0.39 is 5.97 Å². The molecule has 0 heterocycles. The Morgan fingerprint density at radius 2 is 1.69 bits per heavy atom. The van der Waals surface area contributed by atoms with E-state index in [9.17, 15) is 4.79 Å². The zero-order valence-electron chi connectivity index (χ0n) is 16.9. The van der Waals surface area contributed by atoms with Crippen LogP contribution in [0.3, 0.4) is 0 Å². The minimum Gasteiger partial charge on any atom is -0.496 e. The molecule has 0 amide bonds. The van der Waals surface area contributed by atoms with E-state index in [1.807, 2.05) is 12.2 Å². The summed E-state index contributed by atoms with van der Waals surface area (Å²) in [6.07, 6.45) is 7.98. The Balaban J connectivity index is 2.46. The van der Waals surface area contributed by atoms with Gasteiger partial charge in [0.2, 0.25) is 0 Å². The van der Waals surface area contributed by atoms with Crippen LogP contribution in [0, 0.1) is 0 Å². The van der Waals surface area contributed by atoms with Crippen LogP contribution in [0.4, 0.5) is 0 Å². The lowest BCUT2D eigenvalue weighted by molar-refractivity contribution is -0.131. The van der Waals surface area contributed by atoms with Gasteiger partial charge in [-0.05, 0) is 65.5 Å². The predicted octanol–water partition coefficient (Wildman–Crippen LogP) is 5.64. The van der Waals surface area contributed by atoms with Gasteiger partial charge in [0.25, 0.3) is 0 Å². The smallest absolute Gasteiger partial charge is 0.328 e. The lowest BCUT2D eigenvalue weighted by Gasteiger charge is -2.22. The van der Waals surface area contributed by atoms with Crippen molar-refractivity contribution in [1.82, 2.24) is 0 Å². The first-order valence-corrected chi connectivity index (χ1v) is 8.97. The minimum atomic E-state index is -0.932. The van der Waals surface area contributed by atoms with Gasteiger partial charge in [0, 0.05) is 11.6 Å². The number of carboxylic acids is 1. The summed E-state index contributed by atoms with van der Waals surface area (Å²) in [5.74, 6) is -0.0486. The molecule has 140 valence electrons. The third-order valence-electron chi connectivity index (χ3n) is 5.16. The van der Waals surface area contributed by atoms with Crippen molar-refractivity contribution in [2.45, 2.75) is 58.8 Å². The normalized spacial score (nSPS) is 18.9. The Kier molecular flexibility index (Phi) is 5.50. The Morgan fingerprint density at radius 3 is 2.23 bits per heavy atom. The third-order valence-corrected chi connectivity index (χ3v) is 5.16. The van der Waals surface area contributed by atoms with Crippen LogP contribution in [0.1, 0.15) is 64.7 Å². The number of rotatable bonds is 5. The lowest BCUT2D eigenvalue weighted by atomic mass is 9.82. The van der Waals surface area contributed by atoms with Gasteiger partial charge in [-0.1, -0.05) is 45.9 Å². The molecule has 0 unspecified atom stereocenters. The van der Waals surface area contributed by atoms with Gasteiger partial charge in [-0.25, -0.2) is 4.79 Å². The summed E-state index contributed by atoms with van der Waals surface area (Å²) in [7, 11) is 1.71. The maximum atomic E-state index is 10.7. The molecule has 3 nitrogen and oxygen atoms in total. The van der Waals surface area contributed by atoms with Crippen LogP contribution in [-0.4, -0.2) is 18.2 Å². The van der Waals surface area contributed by atoms with E-state index in [0.29, 0.717) is 5.57 Å². The number of benzene rings is 1. The second-order valence-corrected chi connectivity index (χ2v) is 8.48. The van der Waals surface area contributed by atoms with E-state index >= 15 is 0 Å².